The van der Waals surface area contributed by atoms with Crippen LogP contribution in [0.1, 0.15) is 36.2 Å². The van der Waals surface area contributed by atoms with E-state index in [2.05, 4.69) is 15.4 Å². The Kier molecular flexibility index (Phi) is 8.73. The smallest absolute Gasteiger partial charge is 0.253 e. The first kappa shape index (κ1) is 25.0. The molecule has 0 aromatic heterocycles. The summed E-state index contributed by atoms with van der Waals surface area (Å²) in [5.74, 6) is -0.737. The minimum Gasteiger partial charge on any atom is -0.350 e. The van der Waals surface area contributed by atoms with Crippen LogP contribution in [0.3, 0.4) is 0 Å². The lowest BCUT2D eigenvalue weighted by Crippen LogP contribution is -2.47. The molecule has 0 heterocycles. The Bertz CT molecular complexity index is 1060. The Hall–Kier alpha value is -2.29. The van der Waals surface area contributed by atoms with Crippen molar-refractivity contribution in [3.8, 4) is 0 Å². The SMILES string of the molecule is CC(C)CC(NC(=O)c1ccc(Cl)cc1Cl)C(=O)NCc1ccccc1NS(C)(=O)=O. The maximum atomic E-state index is 12.8. The molecule has 0 bridgehead atoms. The van der Waals surface area contributed by atoms with Gasteiger partial charge in [-0.1, -0.05) is 55.2 Å². The predicted octanol–water partition coefficient (Wildman–Crippen LogP) is 3.83. The zero-order chi connectivity index (χ0) is 23.2. The summed E-state index contributed by atoms with van der Waals surface area (Å²) >= 11 is 12.0. The number of anilines is 1. The second kappa shape index (κ2) is 10.8. The summed E-state index contributed by atoms with van der Waals surface area (Å²) < 4.78 is 25.5. The van der Waals surface area contributed by atoms with Crippen molar-refractivity contribution in [2.45, 2.75) is 32.9 Å². The van der Waals surface area contributed by atoms with Crippen LogP contribution in [-0.2, 0) is 21.4 Å². The molecule has 2 amide bonds. The molecule has 2 aromatic rings. The second-order valence-electron chi connectivity index (χ2n) is 7.53. The van der Waals surface area contributed by atoms with E-state index in [-0.39, 0.29) is 29.0 Å². The van der Waals surface area contributed by atoms with Crippen molar-refractivity contribution in [1.82, 2.24) is 10.6 Å². The molecule has 2 aromatic carbocycles. The summed E-state index contributed by atoms with van der Waals surface area (Å²) in [6.45, 7) is 3.96. The molecule has 0 aliphatic heterocycles. The first-order chi connectivity index (χ1) is 14.5. The molecule has 1 atom stereocenters. The molecule has 1 unspecified atom stereocenters. The molecule has 31 heavy (non-hydrogen) atoms. The fourth-order valence-electron chi connectivity index (χ4n) is 2.89. The molecule has 3 N–H and O–H groups in total. The van der Waals surface area contributed by atoms with Gasteiger partial charge in [-0.15, -0.1) is 0 Å². The number of benzene rings is 2. The van der Waals surface area contributed by atoms with Crippen molar-refractivity contribution in [2.75, 3.05) is 11.0 Å². The number of hydrogen-bond donors (Lipinski definition) is 3. The molecule has 0 saturated carbocycles. The van der Waals surface area contributed by atoms with Crippen LogP contribution in [0.2, 0.25) is 10.0 Å². The van der Waals surface area contributed by atoms with E-state index < -0.39 is 22.0 Å². The van der Waals surface area contributed by atoms with E-state index >= 15 is 0 Å². The lowest BCUT2D eigenvalue weighted by molar-refractivity contribution is -0.123. The van der Waals surface area contributed by atoms with E-state index in [4.69, 9.17) is 23.2 Å². The third-order valence-electron chi connectivity index (χ3n) is 4.27. The van der Waals surface area contributed by atoms with Crippen LogP contribution >= 0.6 is 23.2 Å². The average Bonchev–Trinajstić information content (AvgIpc) is 2.64. The van der Waals surface area contributed by atoms with Gasteiger partial charge < -0.3 is 10.6 Å². The van der Waals surface area contributed by atoms with Gasteiger partial charge in [0.05, 0.1) is 22.5 Å². The second-order valence-corrected chi connectivity index (χ2v) is 10.1. The summed E-state index contributed by atoms with van der Waals surface area (Å²) in [7, 11) is -3.47. The van der Waals surface area contributed by atoms with Gasteiger partial charge >= 0.3 is 0 Å². The number of carbonyl (C=O) groups excluding carboxylic acids is 2. The lowest BCUT2D eigenvalue weighted by atomic mass is 10.0. The summed E-state index contributed by atoms with van der Waals surface area (Å²) in [6, 6.07) is 10.5. The average molecular weight is 486 g/mol. The van der Waals surface area contributed by atoms with Gasteiger partial charge in [-0.2, -0.15) is 0 Å². The highest BCUT2D eigenvalue weighted by Crippen LogP contribution is 2.21. The zero-order valence-electron chi connectivity index (χ0n) is 17.4. The van der Waals surface area contributed by atoms with Crippen LogP contribution in [0.25, 0.3) is 0 Å². The molecule has 7 nitrogen and oxygen atoms in total. The van der Waals surface area contributed by atoms with Crippen LogP contribution in [0.5, 0.6) is 0 Å². The van der Waals surface area contributed by atoms with Crippen molar-refractivity contribution in [3.63, 3.8) is 0 Å². The molecular weight excluding hydrogens is 461 g/mol. The number of sulfonamides is 1. The zero-order valence-corrected chi connectivity index (χ0v) is 19.7. The molecule has 10 heteroatoms. The van der Waals surface area contributed by atoms with Gasteiger partial charge in [-0.25, -0.2) is 8.42 Å². The van der Waals surface area contributed by atoms with E-state index in [1.165, 1.54) is 12.1 Å². The van der Waals surface area contributed by atoms with E-state index in [1.807, 2.05) is 13.8 Å². The predicted molar refractivity (Wildman–Crippen MR) is 124 cm³/mol. The highest BCUT2D eigenvalue weighted by molar-refractivity contribution is 7.92. The van der Waals surface area contributed by atoms with Crippen LogP contribution < -0.4 is 15.4 Å². The van der Waals surface area contributed by atoms with Gasteiger partial charge in [0.1, 0.15) is 6.04 Å². The number of amides is 2. The van der Waals surface area contributed by atoms with Crippen LogP contribution in [0.4, 0.5) is 5.69 Å². The Balaban J connectivity index is 2.13. The highest BCUT2D eigenvalue weighted by atomic mass is 35.5. The Morgan fingerprint density at radius 1 is 1.06 bits per heavy atom. The number of rotatable bonds is 9. The Morgan fingerprint density at radius 3 is 2.35 bits per heavy atom. The Labute approximate surface area is 192 Å². The number of para-hydroxylation sites is 1. The molecule has 0 aliphatic rings. The molecule has 0 aliphatic carbocycles. The Morgan fingerprint density at radius 2 is 1.74 bits per heavy atom. The van der Waals surface area contributed by atoms with Gasteiger partial charge in [-0.3, -0.25) is 14.3 Å². The molecular formula is C21H25Cl2N3O4S. The first-order valence-corrected chi connectivity index (χ1v) is 12.2. The van der Waals surface area contributed by atoms with Gasteiger partial charge in [-0.05, 0) is 42.2 Å². The van der Waals surface area contributed by atoms with Gasteiger partial charge in [0, 0.05) is 11.6 Å². The summed E-state index contributed by atoms with van der Waals surface area (Å²) in [6.07, 6.45) is 1.46. The summed E-state index contributed by atoms with van der Waals surface area (Å²) in [4.78, 5) is 25.5. The van der Waals surface area contributed by atoms with E-state index in [9.17, 15) is 18.0 Å². The van der Waals surface area contributed by atoms with E-state index in [1.54, 1.807) is 30.3 Å². The minimum absolute atomic E-state index is 0.0870. The van der Waals surface area contributed by atoms with Crippen molar-refractivity contribution in [3.05, 3.63) is 63.6 Å². The standard InChI is InChI=1S/C21H25Cl2N3O4S/c1-13(2)10-19(25-20(27)16-9-8-15(22)11-17(16)23)21(28)24-12-14-6-4-5-7-18(14)26-31(3,29)30/h4-9,11,13,19,26H,10,12H2,1-3H3,(H,24,28)(H,25,27). The quantitative estimate of drug-likeness (QED) is 0.501. The van der Waals surface area contributed by atoms with Crippen molar-refractivity contribution in [2.24, 2.45) is 5.92 Å². The lowest BCUT2D eigenvalue weighted by Gasteiger charge is -2.21. The summed E-state index contributed by atoms with van der Waals surface area (Å²) in [5, 5.41) is 6.08. The van der Waals surface area contributed by atoms with Crippen molar-refractivity contribution < 1.29 is 18.0 Å². The van der Waals surface area contributed by atoms with Crippen molar-refractivity contribution >= 4 is 50.7 Å². The van der Waals surface area contributed by atoms with Crippen LogP contribution in [0.15, 0.2) is 42.5 Å². The molecule has 0 spiro atoms. The van der Waals surface area contributed by atoms with Gasteiger partial charge in [0.25, 0.3) is 5.91 Å². The fraction of sp³-hybridized carbons (Fsp3) is 0.333. The van der Waals surface area contributed by atoms with Crippen LogP contribution in [-0.4, -0.2) is 32.5 Å². The topological polar surface area (TPSA) is 104 Å². The maximum Gasteiger partial charge on any atom is 0.253 e. The summed E-state index contributed by atoms with van der Waals surface area (Å²) in [5.41, 5.74) is 1.19. The fourth-order valence-corrected chi connectivity index (χ4v) is 3.98. The highest BCUT2D eigenvalue weighted by Gasteiger charge is 2.23. The third kappa shape index (κ3) is 8.05. The number of carbonyl (C=O) groups is 2. The minimum atomic E-state index is -3.47. The molecule has 0 radical (unpaired) electrons. The normalized spacial score (nSPS) is 12.3. The largest absolute Gasteiger partial charge is 0.350 e. The van der Waals surface area contributed by atoms with Gasteiger partial charge in [0.2, 0.25) is 15.9 Å². The monoisotopic (exact) mass is 485 g/mol. The van der Waals surface area contributed by atoms with Crippen LogP contribution in [0, 0.1) is 5.92 Å². The molecule has 2 rings (SSSR count). The maximum absolute atomic E-state index is 12.8. The molecule has 168 valence electrons. The number of nitrogens with one attached hydrogen (secondary N) is 3. The van der Waals surface area contributed by atoms with E-state index in [0.29, 0.717) is 22.7 Å². The first-order valence-electron chi connectivity index (χ1n) is 9.55. The van der Waals surface area contributed by atoms with E-state index in [0.717, 1.165) is 6.26 Å². The number of hydrogen-bond acceptors (Lipinski definition) is 4. The van der Waals surface area contributed by atoms with Gasteiger partial charge in [0.15, 0.2) is 0 Å². The third-order valence-corrected chi connectivity index (χ3v) is 5.41. The molecule has 0 saturated heterocycles. The van der Waals surface area contributed by atoms with Crippen molar-refractivity contribution in [1.29, 1.82) is 0 Å². The molecule has 0 fully saturated rings. The number of halogens is 2.